The van der Waals surface area contributed by atoms with Crippen LogP contribution in [0.1, 0.15) is 16.0 Å². The van der Waals surface area contributed by atoms with Gasteiger partial charge in [0.15, 0.2) is 0 Å². The third-order valence-corrected chi connectivity index (χ3v) is 4.30. The minimum atomic E-state index is 0.717. The number of nitrogens with one attached hydrogen (secondary N) is 1. The third-order valence-electron chi connectivity index (χ3n) is 3.18. The van der Waals surface area contributed by atoms with Crippen LogP contribution in [-0.4, -0.2) is 19.7 Å². The van der Waals surface area contributed by atoms with Crippen molar-refractivity contribution in [1.29, 1.82) is 0 Å². The monoisotopic (exact) mass is 273 g/mol. The zero-order valence-corrected chi connectivity index (χ0v) is 12.0. The highest BCUT2D eigenvalue weighted by Gasteiger charge is 2.11. The third kappa shape index (κ3) is 2.19. The molecular formula is C13H15N5S. The molecule has 1 N–H and O–H groups in total. The number of nitrogens with zero attached hydrogens (tertiary/aromatic N) is 4. The smallest absolute Gasteiger partial charge is 0.138 e. The van der Waals surface area contributed by atoms with Crippen LogP contribution in [0.5, 0.6) is 0 Å². The average molecular weight is 273 g/mol. The van der Waals surface area contributed by atoms with Crippen molar-refractivity contribution in [3.05, 3.63) is 34.7 Å². The summed E-state index contributed by atoms with van der Waals surface area (Å²) in [5.41, 5.74) is 2.40. The molecule has 0 atom stereocenters. The van der Waals surface area contributed by atoms with Crippen LogP contribution in [0.2, 0.25) is 0 Å². The summed E-state index contributed by atoms with van der Waals surface area (Å²) in [6, 6.07) is 0. The summed E-state index contributed by atoms with van der Waals surface area (Å²) < 4.78 is 1.80. The largest absolute Gasteiger partial charge is 0.365 e. The van der Waals surface area contributed by atoms with Gasteiger partial charge in [0.05, 0.1) is 11.6 Å². The van der Waals surface area contributed by atoms with Gasteiger partial charge in [0.1, 0.15) is 17.0 Å². The molecule has 98 valence electrons. The highest BCUT2D eigenvalue weighted by atomic mass is 32.1. The Hall–Kier alpha value is -1.95. The van der Waals surface area contributed by atoms with Gasteiger partial charge in [-0.25, -0.2) is 9.97 Å². The Labute approximate surface area is 115 Å². The average Bonchev–Trinajstić information content (AvgIpc) is 2.93. The van der Waals surface area contributed by atoms with Crippen molar-refractivity contribution >= 4 is 27.4 Å². The Morgan fingerprint density at radius 3 is 2.89 bits per heavy atom. The van der Waals surface area contributed by atoms with E-state index in [-0.39, 0.29) is 0 Å². The van der Waals surface area contributed by atoms with Crippen molar-refractivity contribution < 1.29 is 0 Å². The number of anilines is 1. The van der Waals surface area contributed by atoms with Crippen LogP contribution in [-0.2, 0) is 13.6 Å². The lowest BCUT2D eigenvalue weighted by Crippen LogP contribution is -2.01. The van der Waals surface area contributed by atoms with Crippen LogP contribution in [0.15, 0.2) is 18.7 Å². The summed E-state index contributed by atoms with van der Waals surface area (Å²) in [7, 11) is 1.92. The van der Waals surface area contributed by atoms with Gasteiger partial charge in [0.2, 0.25) is 0 Å². The maximum atomic E-state index is 4.36. The fraction of sp³-hybridized carbons (Fsp3) is 0.308. The zero-order valence-electron chi connectivity index (χ0n) is 11.1. The molecule has 0 radical (unpaired) electrons. The summed E-state index contributed by atoms with van der Waals surface area (Å²) in [6.07, 6.45) is 5.47. The van der Waals surface area contributed by atoms with E-state index in [9.17, 15) is 0 Å². The minimum absolute atomic E-state index is 0.717. The Kier molecular flexibility index (Phi) is 2.94. The molecule has 6 heteroatoms. The highest BCUT2D eigenvalue weighted by molar-refractivity contribution is 7.18. The topological polar surface area (TPSA) is 55.6 Å². The minimum Gasteiger partial charge on any atom is -0.365 e. The molecule has 3 aromatic heterocycles. The Bertz CT molecular complexity index is 728. The van der Waals surface area contributed by atoms with Crippen LogP contribution >= 0.6 is 11.3 Å². The Morgan fingerprint density at radius 2 is 2.16 bits per heavy atom. The lowest BCUT2D eigenvalue weighted by Gasteiger charge is -2.05. The van der Waals surface area contributed by atoms with E-state index in [0.717, 1.165) is 21.6 Å². The molecule has 0 amide bonds. The second-order valence-corrected chi connectivity index (χ2v) is 5.76. The van der Waals surface area contributed by atoms with Gasteiger partial charge >= 0.3 is 0 Å². The normalized spacial score (nSPS) is 11.1. The molecule has 3 heterocycles. The molecule has 3 aromatic rings. The maximum absolute atomic E-state index is 4.36. The number of thiophene rings is 1. The molecule has 19 heavy (non-hydrogen) atoms. The molecule has 0 spiro atoms. The first-order chi connectivity index (χ1) is 9.15. The van der Waals surface area contributed by atoms with Gasteiger partial charge in [0, 0.05) is 30.2 Å². The van der Waals surface area contributed by atoms with Gasteiger partial charge in [-0.1, -0.05) is 0 Å². The predicted octanol–water partition coefficient (Wildman–Crippen LogP) is 2.65. The van der Waals surface area contributed by atoms with E-state index in [1.165, 1.54) is 10.4 Å². The fourth-order valence-electron chi connectivity index (χ4n) is 2.07. The summed E-state index contributed by atoms with van der Waals surface area (Å²) in [4.78, 5) is 11.0. The molecule has 0 fully saturated rings. The van der Waals surface area contributed by atoms with E-state index >= 15 is 0 Å². The molecule has 0 saturated carbocycles. The molecule has 0 unspecified atom stereocenters. The van der Waals surface area contributed by atoms with Crippen LogP contribution in [0.25, 0.3) is 10.2 Å². The number of fused-ring (bicyclic) bond motifs is 1. The standard InChI is InChI=1S/C13H15N5S/c1-8-9(2)19-13-11(8)12(15-7-16-13)14-4-10-5-17-18(3)6-10/h5-7H,4H2,1-3H3,(H,14,15,16). The predicted molar refractivity (Wildman–Crippen MR) is 77.4 cm³/mol. The molecular weight excluding hydrogens is 258 g/mol. The van der Waals surface area contributed by atoms with Crippen LogP contribution in [0.3, 0.4) is 0 Å². The molecule has 0 aliphatic carbocycles. The molecule has 0 bridgehead atoms. The molecule has 5 nitrogen and oxygen atoms in total. The quantitative estimate of drug-likeness (QED) is 0.797. The Balaban J connectivity index is 1.92. The Morgan fingerprint density at radius 1 is 1.32 bits per heavy atom. The molecule has 0 aliphatic heterocycles. The van der Waals surface area contributed by atoms with E-state index in [1.807, 2.05) is 19.4 Å². The van der Waals surface area contributed by atoms with Gasteiger partial charge in [-0.15, -0.1) is 11.3 Å². The number of hydrogen-bond acceptors (Lipinski definition) is 5. The highest BCUT2D eigenvalue weighted by Crippen LogP contribution is 2.32. The van der Waals surface area contributed by atoms with Gasteiger partial charge in [-0.05, 0) is 19.4 Å². The number of hydrogen-bond donors (Lipinski definition) is 1. The van der Waals surface area contributed by atoms with Crippen molar-refractivity contribution in [3.8, 4) is 0 Å². The molecule has 0 saturated heterocycles. The van der Waals surface area contributed by atoms with E-state index in [1.54, 1.807) is 22.3 Å². The van der Waals surface area contributed by atoms with Crippen molar-refractivity contribution in [1.82, 2.24) is 19.7 Å². The van der Waals surface area contributed by atoms with Crippen LogP contribution < -0.4 is 5.32 Å². The van der Waals surface area contributed by atoms with Crippen molar-refractivity contribution in [2.75, 3.05) is 5.32 Å². The van der Waals surface area contributed by atoms with Crippen LogP contribution in [0.4, 0.5) is 5.82 Å². The van der Waals surface area contributed by atoms with Crippen molar-refractivity contribution in [2.45, 2.75) is 20.4 Å². The lowest BCUT2D eigenvalue weighted by atomic mass is 10.2. The molecule has 0 aliphatic rings. The fourth-order valence-corrected chi connectivity index (χ4v) is 3.06. The number of aryl methyl sites for hydroxylation is 3. The van der Waals surface area contributed by atoms with Gasteiger partial charge in [-0.3, -0.25) is 4.68 Å². The SMILES string of the molecule is Cc1sc2ncnc(NCc3cnn(C)c3)c2c1C. The second-order valence-electron chi connectivity index (χ2n) is 4.56. The molecule has 3 rings (SSSR count). The van der Waals surface area contributed by atoms with Crippen molar-refractivity contribution in [2.24, 2.45) is 7.05 Å². The van der Waals surface area contributed by atoms with Gasteiger partial charge in [-0.2, -0.15) is 5.10 Å². The lowest BCUT2D eigenvalue weighted by molar-refractivity contribution is 0.767. The van der Waals surface area contributed by atoms with E-state index in [4.69, 9.17) is 0 Å². The van der Waals surface area contributed by atoms with E-state index in [2.05, 4.69) is 34.2 Å². The first kappa shape index (κ1) is 12.1. The summed E-state index contributed by atoms with van der Waals surface area (Å²) in [6.45, 7) is 4.95. The zero-order chi connectivity index (χ0) is 13.4. The summed E-state index contributed by atoms with van der Waals surface area (Å²) in [5, 5.41) is 8.67. The molecule has 0 aromatic carbocycles. The first-order valence-electron chi connectivity index (χ1n) is 6.07. The second kappa shape index (κ2) is 4.62. The van der Waals surface area contributed by atoms with Crippen molar-refractivity contribution in [3.63, 3.8) is 0 Å². The summed E-state index contributed by atoms with van der Waals surface area (Å²) in [5.74, 6) is 0.899. The van der Waals surface area contributed by atoms with E-state index < -0.39 is 0 Å². The van der Waals surface area contributed by atoms with Crippen LogP contribution in [0, 0.1) is 13.8 Å². The first-order valence-corrected chi connectivity index (χ1v) is 6.89. The van der Waals surface area contributed by atoms with Gasteiger partial charge < -0.3 is 5.32 Å². The number of rotatable bonds is 3. The number of aromatic nitrogens is 4. The summed E-state index contributed by atoms with van der Waals surface area (Å²) >= 11 is 1.71. The maximum Gasteiger partial charge on any atom is 0.138 e. The van der Waals surface area contributed by atoms with Gasteiger partial charge in [0.25, 0.3) is 0 Å². The van der Waals surface area contributed by atoms with E-state index in [0.29, 0.717) is 6.54 Å².